The first-order valence-corrected chi connectivity index (χ1v) is 9.61. The van der Waals surface area contributed by atoms with Crippen LogP contribution in [0.1, 0.15) is 5.56 Å². The summed E-state index contributed by atoms with van der Waals surface area (Å²) in [6.07, 6.45) is 0. The first-order chi connectivity index (χ1) is 15.0. The molecule has 3 aromatic carbocycles. The molecule has 5 nitrogen and oxygen atoms in total. The van der Waals surface area contributed by atoms with Crippen molar-refractivity contribution in [2.24, 2.45) is 7.05 Å². The molecule has 0 radical (unpaired) electrons. The number of amides is 2. The minimum absolute atomic E-state index is 0.0653. The third-order valence-corrected chi connectivity index (χ3v) is 5.03. The van der Waals surface area contributed by atoms with Crippen molar-refractivity contribution in [1.29, 1.82) is 0 Å². The van der Waals surface area contributed by atoms with Crippen molar-refractivity contribution < 1.29 is 13.6 Å². The Morgan fingerprint density at radius 1 is 0.935 bits per heavy atom. The van der Waals surface area contributed by atoms with E-state index in [0.717, 1.165) is 5.56 Å². The molecular formula is C24H19F2N3O2. The van der Waals surface area contributed by atoms with E-state index < -0.39 is 23.2 Å². The van der Waals surface area contributed by atoms with Crippen molar-refractivity contribution in [1.82, 2.24) is 9.88 Å². The zero-order valence-electron chi connectivity index (χ0n) is 16.7. The van der Waals surface area contributed by atoms with Crippen LogP contribution in [0.25, 0.3) is 21.9 Å². The largest absolute Gasteiger partial charge is 0.334 e. The van der Waals surface area contributed by atoms with Gasteiger partial charge in [0, 0.05) is 24.5 Å². The molecule has 4 aromatic rings. The molecule has 0 saturated heterocycles. The van der Waals surface area contributed by atoms with E-state index in [4.69, 9.17) is 0 Å². The number of hydrogen-bond acceptors (Lipinski definition) is 2. The molecule has 4 rings (SSSR count). The molecule has 2 amide bonds. The summed E-state index contributed by atoms with van der Waals surface area (Å²) >= 11 is 0. The molecule has 7 heteroatoms. The molecule has 156 valence electrons. The number of fused-ring (bicyclic) bond motifs is 1. The van der Waals surface area contributed by atoms with E-state index in [1.807, 2.05) is 30.3 Å². The maximum Gasteiger partial charge on any atom is 0.320 e. The van der Waals surface area contributed by atoms with Gasteiger partial charge in [0.05, 0.1) is 5.39 Å². The van der Waals surface area contributed by atoms with Gasteiger partial charge >= 0.3 is 6.03 Å². The van der Waals surface area contributed by atoms with Crippen LogP contribution < -0.4 is 16.2 Å². The summed E-state index contributed by atoms with van der Waals surface area (Å²) in [7, 11) is 1.49. The first kappa shape index (κ1) is 20.3. The van der Waals surface area contributed by atoms with E-state index in [-0.39, 0.29) is 23.1 Å². The topological polar surface area (TPSA) is 63.1 Å². The monoisotopic (exact) mass is 419 g/mol. The van der Waals surface area contributed by atoms with Gasteiger partial charge in [0.15, 0.2) is 0 Å². The van der Waals surface area contributed by atoms with Crippen LogP contribution in [-0.2, 0) is 13.6 Å². The Labute approximate surface area is 177 Å². The fourth-order valence-corrected chi connectivity index (χ4v) is 3.50. The second-order valence-corrected chi connectivity index (χ2v) is 7.05. The van der Waals surface area contributed by atoms with Gasteiger partial charge in [-0.1, -0.05) is 48.5 Å². The number of halogens is 2. The summed E-state index contributed by atoms with van der Waals surface area (Å²) in [6, 6.07) is 18.4. The van der Waals surface area contributed by atoms with Gasteiger partial charge in [0.1, 0.15) is 17.5 Å². The van der Waals surface area contributed by atoms with Gasteiger partial charge < -0.3 is 5.32 Å². The SMILES string of the molecule is Cn1c(NC(=O)NCc2ccccc2)c(-c2ccc(F)cc2)c2c(F)cccc2c1=O. The Morgan fingerprint density at radius 2 is 1.65 bits per heavy atom. The summed E-state index contributed by atoms with van der Waals surface area (Å²) in [5.41, 5.74) is 1.20. The highest BCUT2D eigenvalue weighted by molar-refractivity contribution is 6.05. The van der Waals surface area contributed by atoms with Crippen molar-refractivity contribution in [3.05, 3.63) is 100 Å². The van der Waals surface area contributed by atoms with Crippen LogP contribution in [0.5, 0.6) is 0 Å². The number of carbonyl (C=O) groups excluding carboxylic acids is 1. The minimum Gasteiger partial charge on any atom is -0.334 e. The summed E-state index contributed by atoms with van der Waals surface area (Å²) in [5, 5.41) is 5.63. The summed E-state index contributed by atoms with van der Waals surface area (Å²) < 4.78 is 29.6. The fourth-order valence-electron chi connectivity index (χ4n) is 3.50. The number of benzene rings is 3. The molecule has 0 bridgehead atoms. The molecule has 0 aliphatic carbocycles. The van der Waals surface area contributed by atoms with Crippen LogP contribution in [0.15, 0.2) is 77.6 Å². The molecule has 31 heavy (non-hydrogen) atoms. The van der Waals surface area contributed by atoms with Crippen molar-refractivity contribution in [2.45, 2.75) is 6.54 Å². The minimum atomic E-state index is -0.609. The lowest BCUT2D eigenvalue weighted by molar-refractivity contribution is 0.251. The number of aromatic nitrogens is 1. The van der Waals surface area contributed by atoms with E-state index in [0.29, 0.717) is 11.1 Å². The first-order valence-electron chi connectivity index (χ1n) is 9.61. The van der Waals surface area contributed by atoms with Crippen molar-refractivity contribution >= 4 is 22.6 Å². The molecule has 0 saturated carbocycles. The number of hydrogen-bond donors (Lipinski definition) is 2. The molecule has 0 aliphatic heterocycles. The molecule has 0 spiro atoms. The number of anilines is 1. The van der Waals surface area contributed by atoms with Gasteiger partial charge in [0.25, 0.3) is 5.56 Å². The number of carbonyl (C=O) groups is 1. The third kappa shape index (κ3) is 4.02. The quantitative estimate of drug-likeness (QED) is 0.499. The average Bonchev–Trinajstić information content (AvgIpc) is 2.78. The highest BCUT2D eigenvalue weighted by Gasteiger charge is 2.20. The Bertz CT molecular complexity index is 1320. The van der Waals surface area contributed by atoms with E-state index in [1.54, 1.807) is 0 Å². The van der Waals surface area contributed by atoms with Crippen LogP contribution in [0.3, 0.4) is 0 Å². The molecule has 1 heterocycles. The maximum atomic E-state index is 14.9. The Balaban J connectivity index is 1.82. The predicted octanol–water partition coefficient (Wildman–Crippen LogP) is 4.81. The zero-order chi connectivity index (χ0) is 22.0. The average molecular weight is 419 g/mol. The van der Waals surface area contributed by atoms with Gasteiger partial charge in [-0.15, -0.1) is 0 Å². The molecule has 0 unspecified atom stereocenters. The van der Waals surface area contributed by atoms with Crippen LogP contribution in [-0.4, -0.2) is 10.6 Å². The van der Waals surface area contributed by atoms with Crippen LogP contribution >= 0.6 is 0 Å². The summed E-state index contributed by atoms with van der Waals surface area (Å²) in [6.45, 7) is 0.272. The summed E-state index contributed by atoms with van der Waals surface area (Å²) in [5.74, 6) is -0.949. The number of urea groups is 1. The fraction of sp³-hybridized carbons (Fsp3) is 0.0833. The third-order valence-electron chi connectivity index (χ3n) is 5.03. The van der Waals surface area contributed by atoms with Gasteiger partial charge in [-0.05, 0) is 35.4 Å². The van der Waals surface area contributed by atoms with Gasteiger partial charge in [-0.2, -0.15) is 0 Å². The van der Waals surface area contributed by atoms with Gasteiger partial charge in [0.2, 0.25) is 0 Å². The molecule has 0 fully saturated rings. The highest BCUT2D eigenvalue weighted by atomic mass is 19.1. The number of nitrogens with zero attached hydrogens (tertiary/aromatic N) is 1. The second-order valence-electron chi connectivity index (χ2n) is 7.05. The van der Waals surface area contributed by atoms with E-state index >= 15 is 0 Å². The van der Waals surface area contributed by atoms with Gasteiger partial charge in [-0.3, -0.25) is 14.7 Å². The number of rotatable bonds is 4. The lowest BCUT2D eigenvalue weighted by Gasteiger charge is -2.19. The van der Waals surface area contributed by atoms with E-state index in [1.165, 1.54) is 54.1 Å². The lowest BCUT2D eigenvalue weighted by Crippen LogP contribution is -2.32. The highest BCUT2D eigenvalue weighted by Crippen LogP contribution is 2.35. The predicted molar refractivity (Wildman–Crippen MR) is 117 cm³/mol. The number of pyridine rings is 1. The number of nitrogens with one attached hydrogen (secondary N) is 2. The summed E-state index contributed by atoms with van der Waals surface area (Å²) in [4.78, 5) is 25.5. The normalized spacial score (nSPS) is 10.8. The smallest absolute Gasteiger partial charge is 0.320 e. The Kier molecular flexibility index (Phi) is 5.49. The lowest BCUT2D eigenvalue weighted by atomic mass is 9.98. The van der Waals surface area contributed by atoms with E-state index in [2.05, 4.69) is 10.6 Å². The van der Waals surface area contributed by atoms with Crippen LogP contribution in [0.2, 0.25) is 0 Å². The van der Waals surface area contributed by atoms with Crippen LogP contribution in [0, 0.1) is 11.6 Å². The van der Waals surface area contributed by atoms with Gasteiger partial charge in [-0.25, -0.2) is 13.6 Å². The van der Waals surface area contributed by atoms with E-state index in [9.17, 15) is 18.4 Å². The zero-order valence-corrected chi connectivity index (χ0v) is 16.7. The second kappa shape index (κ2) is 8.39. The van der Waals surface area contributed by atoms with Crippen molar-refractivity contribution in [3.8, 4) is 11.1 Å². The molecule has 0 aliphatic rings. The standard InChI is InChI=1S/C24H19F2N3O2/c1-29-22(28-24(31)27-14-15-6-3-2-4-7-15)20(16-10-12-17(25)13-11-16)21-18(23(29)30)8-5-9-19(21)26/h2-13H,14H2,1H3,(H2,27,28,31). The Hall–Kier alpha value is -4.00. The molecule has 0 atom stereocenters. The van der Waals surface area contributed by atoms with Crippen molar-refractivity contribution in [3.63, 3.8) is 0 Å². The molecule has 1 aromatic heterocycles. The Morgan fingerprint density at radius 3 is 2.35 bits per heavy atom. The van der Waals surface area contributed by atoms with Crippen molar-refractivity contribution in [2.75, 3.05) is 5.32 Å². The van der Waals surface area contributed by atoms with Crippen LogP contribution in [0.4, 0.5) is 19.4 Å². The maximum absolute atomic E-state index is 14.9. The molecular weight excluding hydrogens is 400 g/mol. The molecule has 2 N–H and O–H groups in total.